The number of carbonyl (C=O) groups excluding carboxylic acids is 2. The zero-order valence-corrected chi connectivity index (χ0v) is 20.7. The summed E-state index contributed by atoms with van der Waals surface area (Å²) in [4.78, 5) is 28.3. The number of nitrogens with zero attached hydrogens (tertiary/aromatic N) is 2. The first kappa shape index (κ1) is 25.8. The van der Waals surface area contributed by atoms with Gasteiger partial charge >= 0.3 is 19.6 Å². The molecule has 0 unspecified atom stereocenters. The highest BCUT2D eigenvalue weighted by molar-refractivity contribution is 7.54. The number of amides is 2. The predicted octanol–water partition coefficient (Wildman–Crippen LogP) is 5.41. The maximum absolute atomic E-state index is 14.0. The first-order valence-electron chi connectivity index (χ1n) is 11.2. The van der Waals surface area contributed by atoms with Gasteiger partial charge in [0, 0.05) is 13.6 Å². The number of carbonyl (C=O) groups is 2. The molecule has 2 amide bonds. The van der Waals surface area contributed by atoms with Crippen LogP contribution in [-0.2, 0) is 20.6 Å². The van der Waals surface area contributed by atoms with Crippen molar-refractivity contribution in [3.63, 3.8) is 0 Å². The van der Waals surface area contributed by atoms with Crippen molar-refractivity contribution >= 4 is 19.6 Å². The van der Waals surface area contributed by atoms with E-state index in [1.54, 1.807) is 74.6 Å². The summed E-state index contributed by atoms with van der Waals surface area (Å²) in [7, 11) is -2.39. The number of hydrogen-bond acceptors (Lipinski definition) is 6. The summed E-state index contributed by atoms with van der Waals surface area (Å²) in [6, 6.07) is 26.0. The molecule has 9 heteroatoms. The van der Waals surface area contributed by atoms with Crippen molar-refractivity contribution in [1.29, 1.82) is 0 Å². The van der Waals surface area contributed by atoms with Crippen molar-refractivity contribution in [2.75, 3.05) is 26.5 Å². The quantitative estimate of drug-likeness (QED) is 0.261. The van der Waals surface area contributed by atoms with E-state index in [0.717, 1.165) is 10.5 Å². The Labute approximate surface area is 205 Å². The topological polar surface area (TPSA) is 85.4 Å². The second-order valence-electron chi connectivity index (χ2n) is 7.69. The highest BCUT2D eigenvalue weighted by atomic mass is 31.2. The third-order valence-electron chi connectivity index (χ3n) is 4.80. The molecule has 3 rings (SSSR count). The molecule has 0 spiro atoms. The molecule has 0 saturated carbocycles. The van der Waals surface area contributed by atoms with Gasteiger partial charge in [0.05, 0.1) is 6.61 Å². The smallest absolute Gasteiger partial charge is 0.450 e. The molecule has 0 bridgehead atoms. The Balaban J connectivity index is 1.87. The van der Waals surface area contributed by atoms with Crippen molar-refractivity contribution in [2.45, 2.75) is 13.5 Å². The normalized spacial score (nSPS) is 10.8. The Hall–Kier alpha value is -3.77. The standard InChI is InChI=1S/C26H29N2O6P/c1-3-32-25(29)20-28(26(30)27(2)19-22-13-7-4-8-14-22)21-35(31,33-23-15-9-5-10-16-23)34-24-17-11-6-12-18-24/h4-18H,3,19-21H2,1-2H3. The summed E-state index contributed by atoms with van der Waals surface area (Å²) in [6.45, 7) is 1.71. The summed E-state index contributed by atoms with van der Waals surface area (Å²) in [5.74, 6) is 0.000750. The lowest BCUT2D eigenvalue weighted by atomic mass is 10.2. The fraction of sp³-hybridized carbons (Fsp3) is 0.231. The van der Waals surface area contributed by atoms with Crippen LogP contribution in [0.1, 0.15) is 12.5 Å². The summed E-state index contributed by atoms with van der Waals surface area (Å²) in [5.41, 5.74) is 0.906. The average Bonchev–Trinajstić information content (AvgIpc) is 2.85. The first-order valence-corrected chi connectivity index (χ1v) is 12.9. The van der Waals surface area contributed by atoms with E-state index in [-0.39, 0.29) is 6.61 Å². The third-order valence-corrected chi connectivity index (χ3v) is 6.47. The van der Waals surface area contributed by atoms with Gasteiger partial charge in [0.15, 0.2) is 0 Å². The lowest BCUT2D eigenvalue weighted by Crippen LogP contribution is -2.44. The van der Waals surface area contributed by atoms with Crippen LogP contribution in [0.3, 0.4) is 0 Å². The number of ether oxygens (including phenoxy) is 1. The van der Waals surface area contributed by atoms with Crippen LogP contribution < -0.4 is 9.05 Å². The second-order valence-corrected chi connectivity index (χ2v) is 9.56. The Kier molecular flexibility index (Phi) is 9.32. The number of urea groups is 1. The van der Waals surface area contributed by atoms with Crippen molar-refractivity contribution in [2.24, 2.45) is 0 Å². The number of hydrogen-bond donors (Lipinski definition) is 0. The third kappa shape index (κ3) is 8.19. The predicted molar refractivity (Wildman–Crippen MR) is 133 cm³/mol. The van der Waals surface area contributed by atoms with Crippen molar-refractivity contribution in [3.05, 3.63) is 96.6 Å². The zero-order valence-electron chi connectivity index (χ0n) is 19.8. The molecule has 0 aromatic heterocycles. The molecule has 184 valence electrons. The minimum Gasteiger partial charge on any atom is -0.465 e. The van der Waals surface area contributed by atoms with E-state index in [2.05, 4.69) is 0 Å². The van der Waals surface area contributed by atoms with E-state index in [1.165, 1.54) is 4.90 Å². The van der Waals surface area contributed by atoms with Gasteiger partial charge in [0.2, 0.25) is 0 Å². The summed E-state index contributed by atoms with van der Waals surface area (Å²) in [6.07, 6.45) is -0.465. The van der Waals surface area contributed by atoms with Gasteiger partial charge in [-0.3, -0.25) is 9.69 Å². The van der Waals surface area contributed by atoms with Crippen molar-refractivity contribution < 1.29 is 27.9 Å². The fourth-order valence-corrected chi connectivity index (χ4v) is 4.95. The van der Waals surface area contributed by atoms with Gasteiger partial charge in [-0.25, -0.2) is 9.36 Å². The maximum Gasteiger partial charge on any atom is 0.450 e. The molecule has 0 saturated heterocycles. The van der Waals surface area contributed by atoms with E-state index in [9.17, 15) is 14.2 Å². The van der Waals surface area contributed by atoms with Crippen LogP contribution in [0.4, 0.5) is 4.79 Å². The van der Waals surface area contributed by atoms with Crippen LogP contribution in [0.25, 0.3) is 0 Å². The number of esters is 1. The Bertz CT molecular complexity index is 1080. The summed E-state index contributed by atoms with van der Waals surface area (Å²) < 4.78 is 30.6. The van der Waals surface area contributed by atoms with E-state index in [1.807, 2.05) is 30.3 Å². The molecule has 0 aliphatic heterocycles. The van der Waals surface area contributed by atoms with Gasteiger partial charge in [0.1, 0.15) is 24.3 Å². The molecular weight excluding hydrogens is 467 g/mol. The minimum atomic E-state index is -4.00. The summed E-state index contributed by atoms with van der Waals surface area (Å²) in [5, 5.41) is 0. The molecule has 35 heavy (non-hydrogen) atoms. The van der Waals surface area contributed by atoms with Gasteiger partial charge < -0.3 is 18.7 Å². The molecular formula is C26H29N2O6P. The van der Waals surface area contributed by atoms with Crippen LogP contribution >= 0.6 is 7.60 Å². The number of rotatable bonds is 11. The van der Waals surface area contributed by atoms with Crippen molar-refractivity contribution in [3.8, 4) is 11.5 Å². The van der Waals surface area contributed by atoms with Gasteiger partial charge in [0.25, 0.3) is 0 Å². The minimum absolute atomic E-state index is 0.152. The van der Waals surface area contributed by atoms with Crippen LogP contribution in [0, 0.1) is 0 Å². The molecule has 3 aromatic rings. The molecule has 0 fully saturated rings. The fourth-order valence-electron chi connectivity index (χ4n) is 3.28. The SMILES string of the molecule is CCOC(=O)CN(CP(=O)(Oc1ccccc1)Oc1ccccc1)C(=O)N(C)Cc1ccccc1. The van der Waals surface area contributed by atoms with Gasteiger partial charge in [-0.2, -0.15) is 0 Å². The molecule has 0 radical (unpaired) electrons. The van der Waals surface area contributed by atoms with Gasteiger partial charge in [-0.05, 0) is 36.8 Å². The van der Waals surface area contributed by atoms with E-state index in [4.69, 9.17) is 13.8 Å². The van der Waals surface area contributed by atoms with E-state index in [0.29, 0.717) is 18.0 Å². The Morgan fingerprint density at radius 1 is 0.800 bits per heavy atom. The molecule has 0 aliphatic carbocycles. The highest BCUT2D eigenvalue weighted by Crippen LogP contribution is 2.49. The van der Waals surface area contributed by atoms with Gasteiger partial charge in [-0.15, -0.1) is 0 Å². The average molecular weight is 497 g/mol. The molecule has 3 aromatic carbocycles. The molecule has 0 atom stereocenters. The van der Waals surface area contributed by atoms with Crippen LogP contribution in [-0.4, -0.2) is 48.3 Å². The zero-order chi connectivity index (χ0) is 25.1. The van der Waals surface area contributed by atoms with Crippen LogP contribution in [0.15, 0.2) is 91.0 Å². The lowest BCUT2D eigenvalue weighted by molar-refractivity contribution is -0.143. The molecule has 0 N–H and O–H groups in total. The number of para-hydroxylation sites is 2. The largest absolute Gasteiger partial charge is 0.465 e. The van der Waals surface area contributed by atoms with Crippen molar-refractivity contribution in [1.82, 2.24) is 9.80 Å². The number of benzene rings is 3. The monoisotopic (exact) mass is 496 g/mol. The maximum atomic E-state index is 14.0. The molecule has 0 aliphatic rings. The Morgan fingerprint density at radius 2 is 1.29 bits per heavy atom. The second kappa shape index (κ2) is 12.6. The van der Waals surface area contributed by atoms with Crippen LogP contribution in [0.2, 0.25) is 0 Å². The lowest BCUT2D eigenvalue weighted by Gasteiger charge is -2.30. The Morgan fingerprint density at radius 3 is 1.77 bits per heavy atom. The van der Waals surface area contributed by atoms with Gasteiger partial charge in [-0.1, -0.05) is 66.7 Å². The molecule has 0 heterocycles. The summed E-state index contributed by atoms with van der Waals surface area (Å²) >= 11 is 0. The van der Waals surface area contributed by atoms with Crippen LogP contribution in [0.5, 0.6) is 11.5 Å². The highest BCUT2D eigenvalue weighted by Gasteiger charge is 2.36. The van der Waals surface area contributed by atoms with E-state index >= 15 is 0 Å². The molecule has 8 nitrogen and oxygen atoms in total. The van der Waals surface area contributed by atoms with E-state index < -0.39 is 32.4 Å². The first-order chi connectivity index (χ1) is 16.9.